The third-order valence-electron chi connectivity index (χ3n) is 3.46. The van der Waals surface area contributed by atoms with Crippen molar-refractivity contribution in [3.05, 3.63) is 48.1 Å². The lowest BCUT2D eigenvalue weighted by Gasteiger charge is -2.06. The zero-order chi connectivity index (χ0) is 18.7. The Labute approximate surface area is 150 Å². The number of rotatable bonds is 2. The highest BCUT2D eigenvalue weighted by Crippen LogP contribution is 2.25. The van der Waals surface area contributed by atoms with Gasteiger partial charge in [0, 0.05) is 35.6 Å². The summed E-state index contributed by atoms with van der Waals surface area (Å²) in [7, 11) is 0. The fraction of sp³-hybridized carbons (Fsp3) is 0.158. The maximum Gasteiger partial charge on any atom is 0.221 e. The molecule has 0 aliphatic carbocycles. The van der Waals surface area contributed by atoms with Crippen LogP contribution in [0, 0.1) is 23.2 Å². The lowest BCUT2D eigenvalue weighted by Crippen LogP contribution is -2.14. The van der Waals surface area contributed by atoms with E-state index < -0.39 is 5.60 Å². The largest absolute Gasteiger partial charge is 0.378 e. The molecular formula is C19H16N6O. The van der Waals surface area contributed by atoms with Crippen LogP contribution < -0.4 is 5.73 Å². The summed E-state index contributed by atoms with van der Waals surface area (Å²) in [6, 6.07) is 5.52. The molecule has 3 aromatic heterocycles. The number of hydrogen-bond donors (Lipinski definition) is 2. The fourth-order valence-electron chi connectivity index (χ4n) is 2.38. The third-order valence-corrected chi connectivity index (χ3v) is 3.46. The Kier molecular flexibility index (Phi) is 4.40. The number of nitrogens with two attached hydrogens (primary N) is 1. The van der Waals surface area contributed by atoms with Gasteiger partial charge in [0.05, 0.1) is 11.6 Å². The van der Waals surface area contributed by atoms with Gasteiger partial charge in [-0.3, -0.25) is 0 Å². The summed E-state index contributed by atoms with van der Waals surface area (Å²) in [5.41, 5.74) is 6.71. The summed E-state index contributed by atoms with van der Waals surface area (Å²) >= 11 is 0. The smallest absolute Gasteiger partial charge is 0.221 e. The molecule has 0 aliphatic rings. The first-order valence-corrected chi connectivity index (χ1v) is 7.79. The Bertz CT molecular complexity index is 1100. The number of hydrogen-bond acceptors (Lipinski definition) is 6. The van der Waals surface area contributed by atoms with Crippen molar-refractivity contribution in [1.82, 2.24) is 19.5 Å². The Morgan fingerprint density at radius 1 is 1.35 bits per heavy atom. The second-order valence-corrected chi connectivity index (χ2v) is 6.09. The first-order chi connectivity index (χ1) is 12.4. The molecule has 3 N–H and O–H groups in total. The summed E-state index contributed by atoms with van der Waals surface area (Å²) in [6.07, 6.45) is 8.20. The highest BCUT2D eigenvalue weighted by atomic mass is 16.3. The molecule has 0 unspecified atom stereocenters. The molecule has 128 valence electrons. The monoisotopic (exact) mass is 344 g/mol. The van der Waals surface area contributed by atoms with E-state index in [2.05, 4.69) is 26.8 Å². The van der Waals surface area contributed by atoms with Crippen LogP contribution in [-0.2, 0) is 0 Å². The molecule has 0 amide bonds. The van der Waals surface area contributed by atoms with Crippen LogP contribution in [0.3, 0.4) is 0 Å². The van der Waals surface area contributed by atoms with Crippen molar-refractivity contribution in [3.63, 3.8) is 0 Å². The van der Waals surface area contributed by atoms with Gasteiger partial charge in [0.15, 0.2) is 0 Å². The third kappa shape index (κ3) is 3.69. The summed E-state index contributed by atoms with van der Waals surface area (Å²) in [5.74, 6) is 6.36. The minimum absolute atomic E-state index is 0.162. The number of aliphatic hydroxyl groups is 1. The Balaban J connectivity index is 2.23. The van der Waals surface area contributed by atoms with Gasteiger partial charge >= 0.3 is 0 Å². The van der Waals surface area contributed by atoms with Gasteiger partial charge < -0.3 is 15.4 Å². The summed E-state index contributed by atoms with van der Waals surface area (Å²) in [6.45, 7) is 3.21. The average Bonchev–Trinajstić information content (AvgIpc) is 2.95. The topological polar surface area (TPSA) is 114 Å². The molecular weight excluding hydrogens is 328 g/mol. The maximum absolute atomic E-state index is 9.78. The molecule has 26 heavy (non-hydrogen) atoms. The highest BCUT2D eigenvalue weighted by Gasteiger charge is 2.12. The predicted octanol–water partition coefficient (Wildman–Crippen LogP) is 2.06. The molecule has 0 saturated heterocycles. The first kappa shape index (κ1) is 17.2. The standard InChI is InChI=1S/C19H16N6O/c1-19(2,26)7-5-14-10-16-15(11-23-14)13(4-3-8-20)12-25(16)17-6-9-22-18(21)24-17/h3-4,6,9-12,26H,1-2H3,(H2,21,22,24)/b4-3+. The fourth-order valence-corrected chi connectivity index (χ4v) is 2.38. The molecule has 0 spiro atoms. The summed E-state index contributed by atoms with van der Waals surface area (Å²) in [5, 5.41) is 19.4. The van der Waals surface area contributed by atoms with Gasteiger partial charge in [-0.2, -0.15) is 10.2 Å². The number of pyridine rings is 1. The quantitative estimate of drug-likeness (QED) is 0.543. The Hall–Kier alpha value is -3.68. The molecule has 0 aliphatic heterocycles. The molecule has 0 aromatic carbocycles. The number of nitrogen functional groups attached to an aromatic ring is 1. The van der Waals surface area contributed by atoms with Crippen molar-refractivity contribution in [2.24, 2.45) is 0 Å². The molecule has 3 heterocycles. The van der Waals surface area contributed by atoms with Crippen LogP contribution >= 0.6 is 0 Å². The van der Waals surface area contributed by atoms with Crippen molar-refractivity contribution in [3.8, 4) is 23.7 Å². The number of anilines is 1. The molecule has 0 radical (unpaired) electrons. The second-order valence-electron chi connectivity index (χ2n) is 6.09. The van der Waals surface area contributed by atoms with Gasteiger partial charge in [0.2, 0.25) is 5.95 Å². The predicted molar refractivity (Wildman–Crippen MR) is 98.9 cm³/mol. The van der Waals surface area contributed by atoms with Crippen molar-refractivity contribution < 1.29 is 5.11 Å². The highest BCUT2D eigenvalue weighted by molar-refractivity contribution is 5.90. The van der Waals surface area contributed by atoms with Gasteiger partial charge in [-0.05, 0) is 38.0 Å². The van der Waals surface area contributed by atoms with E-state index in [-0.39, 0.29) is 5.95 Å². The lowest BCUT2D eigenvalue weighted by molar-refractivity contribution is 0.143. The molecule has 7 heteroatoms. The van der Waals surface area contributed by atoms with Crippen LogP contribution in [0.5, 0.6) is 0 Å². The van der Waals surface area contributed by atoms with Crippen LogP contribution in [0.1, 0.15) is 25.1 Å². The van der Waals surface area contributed by atoms with Crippen molar-refractivity contribution >= 4 is 22.9 Å². The van der Waals surface area contributed by atoms with E-state index in [1.54, 1.807) is 44.4 Å². The van der Waals surface area contributed by atoms with Crippen LogP contribution in [0.2, 0.25) is 0 Å². The van der Waals surface area contributed by atoms with Gasteiger partial charge in [-0.15, -0.1) is 0 Å². The Morgan fingerprint density at radius 3 is 2.85 bits per heavy atom. The minimum atomic E-state index is -1.11. The van der Waals surface area contributed by atoms with E-state index in [9.17, 15) is 5.11 Å². The van der Waals surface area contributed by atoms with Crippen molar-refractivity contribution in [1.29, 1.82) is 5.26 Å². The average molecular weight is 344 g/mol. The minimum Gasteiger partial charge on any atom is -0.378 e. The van der Waals surface area contributed by atoms with Gasteiger partial charge in [0.1, 0.15) is 17.1 Å². The normalized spacial score (nSPS) is 11.3. The molecule has 0 saturated carbocycles. The number of nitriles is 1. The molecule has 7 nitrogen and oxygen atoms in total. The van der Waals surface area contributed by atoms with Crippen LogP contribution in [-0.4, -0.2) is 30.2 Å². The zero-order valence-electron chi connectivity index (χ0n) is 14.3. The van der Waals surface area contributed by atoms with Gasteiger partial charge in [-0.1, -0.05) is 5.92 Å². The second kappa shape index (κ2) is 6.67. The first-order valence-electron chi connectivity index (χ1n) is 7.79. The van der Waals surface area contributed by atoms with Crippen LogP contribution in [0.15, 0.2) is 36.8 Å². The SMILES string of the molecule is CC(C)(O)C#Cc1cc2c(cn1)c(/C=C/C#N)cn2-c1ccnc(N)n1. The molecule has 0 bridgehead atoms. The lowest BCUT2D eigenvalue weighted by atomic mass is 10.1. The van der Waals surface area contributed by atoms with E-state index in [0.29, 0.717) is 11.5 Å². The van der Waals surface area contributed by atoms with E-state index >= 15 is 0 Å². The van der Waals surface area contributed by atoms with E-state index in [1.807, 2.05) is 16.8 Å². The number of nitrogens with zero attached hydrogens (tertiary/aromatic N) is 5. The van der Waals surface area contributed by atoms with E-state index in [1.165, 1.54) is 6.08 Å². The number of fused-ring (bicyclic) bond motifs is 1. The van der Waals surface area contributed by atoms with Gasteiger partial charge in [0.25, 0.3) is 0 Å². The number of aromatic nitrogens is 4. The number of allylic oxidation sites excluding steroid dienone is 1. The Morgan fingerprint density at radius 2 is 2.15 bits per heavy atom. The maximum atomic E-state index is 9.78. The molecule has 0 atom stereocenters. The summed E-state index contributed by atoms with van der Waals surface area (Å²) in [4.78, 5) is 12.5. The van der Waals surface area contributed by atoms with Gasteiger partial charge in [-0.25, -0.2) is 9.97 Å². The van der Waals surface area contributed by atoms with Crippen LogP contribution in [0.4, 0.5) is 5.95 Å². The van der Waals surface area contributed by atoms with E-state index in [4.69, 9.17) is 11.0 Å². The summed E-state index contributed by atoms with van der Waals surface area (Å²) < 4.78 is 1.83. The van der Waals surface area contributed by atoms with E-state index in [0.717, 1.165) is 16.5 Å². The van der Waals surface area contributed by atoms with Crippen LogP contribution in [0.25, 0.3) is 22.8 Å². The van der Waals surface area contributed by atoms with Crippen molar-refractivity contribution in [2.75, 3.05) is 5.73 Å². The molecule has 3 aromatic rings. The molecule has 3 rings (SSSR count). The van der Waals surface area contributed by atoms with Crippen molar-refractivity contribution in [2.45, 2.75) is 19.4 Å². The zero-order valence-corrected chi connectivity index (χ0v) is 14.3. The molecule has 0 fully saturated rings.